The van der Waals surface area contributed by atoms with Crippen molar-refractivity contribution in [2.75, 3.05) is 13.1 Å². The van der Waals surface area contributed by atoms with E-state index in [1.165, 1.54) is 0 Å². The van der Waals surface area contributed by atoms with Crippen LogP contribution < -0.4 is 5.56 Å². The Bertz CT molecular complexity index is 962. The van der Waals surface area contributed by atoms with Gasteiger partial charge >= 0.3 is 0 Å². The van der Waals surface area contributed by atoms with Crippen LogP contribution in [0.2, 0.25) is 0 Å². The maximum atomic E-state index is 12.5. The van der Waals surface area contributed by atoms with Crippen molar-refractivity contribution < 1.29 is 0 Å². The summed E-state index contributed by atoms with van der Waals surface area (Å²) in [5, 5.41) is 0. The first-order valence-electron chi connectivity index (χ1n) is 9.64. The summed E-state index contributed by atoms with van der Waals surface area (Å²) in [6.07, 6.45) is 10.9. The zero-order valence-corrected chi connectivity index (χ0v) is 16.0. The maximum absolute atomic E-state index is 12.5. The van der Waals surface area contributed by atoms with E-state index >= 15 is 0 Å². The molecule has 0 atom stereocenters. The van der Waals surface area contributed by atoms with Gasteiger partial charge in [0.05, 0.1) is 23.4 Å². The van der Waals surface area contributed by atoms with Gasteiger partial charge in [-0.05, 0) is 50.9 Å². The third-order valence-corrected chi connectivity index (χ3v) is 5.24. The molecule has 1 aliphatic heterocycles. The first-order valence-corrected chi connectivity index (χ1v) is 9.64. The molecule has 0 unspecified atom stereocenters. The van der Waals surface area contributed by atoms with Crippen LogP contribution in [0.25, 0.3) is 11.3 Å². The summed E-state index contributed by atoms with van der Waals surface area (Å²) < 4.78 is 1.73. The van der Waals surface area contributed by atoms with Crippen molar-refractivity contribution in [2.24, 2.45) is 5.92 Å². The molecular formula is C21H24N6O. The van der Waals surface area contributed by atoms with E-state index in [0.29, 0.717) is 11.6 Å². The Morgan fingerprint density at radius 2 is 1.86 bits per heavy atom. The number of aryl methyl sites for hydroxylation is 1. The summed E-state index contributed by atoms with van der Waals surface area (Å²) in [5.74, 6) is 0.492. The highest BCUT2D eigenvalue weighted by Gasteiger charge is 2.20. The summed E-state index contributed by atoms with van der Waals surface area (Å²) in [6.45, 7) is 5.53. The monoisotopic (exact) mass is 376 g/mol. The molecule has 0 bridgehead atoms. The van der Waals surface area contributed by atoms with Crippen LogP contribution in [0, 0.1) is 12.8 Å². The molecule has 1 aliphatic rings. The Hall–Kier alpha value is -2.93. The van der Waals surface area contributed by atoms with Gasteiger partial charge in [0.15, 0.2) is 0 Å². The number of likely N-dealkylation sites (tertiary alicyclic amines) is 1. The van der Waals surface area contributed by atoms with Crippen molar-refractivity contribution in [2.45, 2.75) is 32.9 Å². The molecule has 0 N–H and O–H groups in total. The van der Waals surface area contributed by atoms with Crippen molar-refractivity contribution >= 4 is 0 Å². The quantitative estimate of drug-likeness (QED) is 0.680. The molecule has 3 aromatic rings. The van der Waals surface area contributed by atoms with Gasteiger partial charge in [0.2, 0.25) is 0 Å². The van der Waals surface area contributed by atoms with Crippen molar-refractivity contribution in [3.05, 3.63) is 71.1 Å². The Morgan fingerprint density at radius 1 is 1.07 bits per heavy atom. The van der Waals surface area contributed by atoms with Gasteiger partial charge < -0.3 is 0 Å². The van der Waals surface area contributed by atoms with Crippen LogP contribution in [0.4, 0.5) is 0 Å². The van der Waals surface area contributed by atoms with Crippen LogP contribution in [0.5, 0.6) is 0 Å². The van der Waals surface area contributed by atoms with Gasteiger partial charge in [0.1, 0.15) is 0 Å². The van der Waals surface area contributed by atoms with Crippen molar-refractivity contribution in [3.63, 3.8) is 0 Å². The number of rotatable bonds is 5. The number of hydrogen-bond acceptors (Lipinski definition) is 6. The minimum atomic E-state index is -0.000767. The largest absolute Gasteiger partial charge is 0.299 e. The predicted molar refractivity (Wildman–Crippen MR) is 106 cm³/mol. The lowest BCUT2D eigenvalue weighted by Crippen LogP contribution is -2.36. The molecule has 4 heterocycles. The fourth-order valence-corrected chi connectivity index (χ4v) is 3.58. The van der Waals surface area contributed by atoms with Crippen molar-refractivity contribution in [1.82, 2.24) is 29.4 Å². The van der Waals surface area contributed by atoms with Crippen LogP contribution in [0.15, 0.2) is 54.1 Å². The molecule has 4 rings (SSSR count). The number of piperidine rings is 1. The van der Waals surface area contributed by atoms with Gasteiger partial charge in [-0.1, -0.05) is 0 Å². The fraction of sp³-hybridized carbons (Fsp3) is 0.381. The number of hydrogen-bond donors (Lipinski definition) is 0. The van der Waals surface area contributed by atoms with E-state index in [0.717, 1.165) is 56.0 Å². The molecule has 0 saturated carbocycles. The Labute approximate surface area is 164 Å². The van der Waals surface area contributed by atoms with Crippen molar-refractivity contribution in [1.29, 1.82) is 0 Å². The van der Waals surface area contributed by atoms with Crippen LogP contribution in [0.1, 0.15) is 24.2 Å². The third-order valence-electron chi connectivity index (χ3n) is 5.24. The lowest BCUT2D eigenvalue weighted by atomic mass is 9.96. The fourth-order valence-electron chi connectivity index (χ4n) is 3.58. The van der Waals surface area contributed by atoms with Crippen LogP contribution in [-0.4, -0.2) is 42.5 Å². The van der Waals surface area contributed by atoms with Gasteiger partial charge in [0, 0.05) is 49.5 Å². The highest BCUT2D eigenvalue weighted by molar-refractivity contribution is 5.57. The Kier molecular flexibility index (Phi) is 5.53. The van der Waals surface area contributed by atoms with E-state index in [1.807, 2.05) is 31.5 Å². The highest BCUT2D eigenvalue weighted by atomic mass is 16.1. The minimum absolute atomic E-state index is 0.000767. The molecule has 28 heavy (non-hydrogen) atoms. The standard InChI is InChI=1S/C21H24N6O/c1-16-11-24-19(12-23-16)14-26-8-4-17(5-9-26)13-27-15-25-20(10-21(27)28)18-2-6-22-7-3-18/h2-3,6-7,10-12,15,17H,4-5,8-9,13-14H2,1H3. The molecule has 7 nitrogen and oxygen atoms in total. The summed E-state index contributed by atoms with van der Waals surface area (Å²) in [4.78, 5) is 32.1. The molecule has 3 aromatic heterocycles. The lowest BCUT2D eigenvalue weighted by molar-refractivity contribution is 0.164. The topological polar surface area (TPSA) is 76.8 Å². The predicted octanol–water partition coefficient (Wildman–Crippen LogP) is 2.32. The zero-order valence-electron chi connectivity index (χ0n) is 16.0. The molecular weight excluding hydrogens is 352 g/mol. The molecule has 1 fully saturated rings. The van der Waals surface area contributed by atoms with Gasteiger partial charge in [-0.2, -0.15) is 0 Å². The SMILES string of the molecule is Cc1cnc(CN2CCC(Cn3cnc(-c4ccncc4)cc3=O)CC2)cn1. The number of pyridine rings is 1. The maximum Gasteiger partial charge on any atom is 0.253 e. The second-order valence-electron chi connectivity index (χ2n) is 7.37. The summed E-state index contributed by atoms with van der Waals surface area (Å²) >= 11 is 0. The van der Waals surface area contributed by atoms with Gasteiger partial charge in [-0.15, -0.1) is 0 Å². The van der Waals surface area contributed by atoms with E-state index in [-0.39, 0.29) is 5.56 Å². The normalized spacial score (nSPS) is 15.6. The van der Waals surface area contributed by atoms with Crippen molar-refractivity contribution in [3.8, 4) is 11.3 Å². The molecule has 1 saturated heterocycles. The summed E-state index contributed by atoms with van der Waals surface area (Å²) in [5.41, 5.74) is 3.55. The first-order chi connectivity index (χ1) is 13.7. The molecule has 0 radical (unpaired) electrons. The minimum Gasteiger partial charge on any atom is -0.299 e. The van der Waals surface area contributed by atoms with Gasteiger partial charge in [0.25, 0.3) is 5.56 Å². The molecule has 144 valence electrons. The van der Waals surface area contributed by atoms with E-state index in [9.17, 15) is 4.79 Å². The molecule has 0 aliphatic carbocycles. The molecule has 0 spiro atoms. The zero-order chi connectivity index (χ0) is 19.3. The molecule has 7 heteroatoms. The first kappa shape index (κ1) is 18.4. The molecule has 0 aromatic carbocycles. The average Bonchev–Trinajstić information content (AvgIpc) is 2.73. The highest BCUT2D eigenvalue weighted by Crippen LogP contribution is 2.20. The van der Waals surface area contributed by atoms with Crippen LogP contribution in [-0.2, 0) is 13.1 Å². The van der Waals surface area contributed by atoms with E-state index in [1.54, 1.807) is 29.4 Å². The van der Waals surface area contributed by atoms with Crippen LogP contribution >= 0.6 is 0 Å². The van der Waals surface area contributed by atoms with E-state index in [4.69, 9.17) is 0 Å². The summed E-state index contributed by atoms with van der Waals surface area (Å²) in [6, 6.07) is 5.33. The van der Waals surface area contributed by atoms with Crippen LogP contribution in [0.3, 0.4) is 0 Å². The molecule has 0 amide bonds. The summed E-state index contributed by atoms with van der Waals surface area (Å²) in [7, 11) is 0. The number of nitrogens with zero attached hydrogens (tertiary/aromatic N) is 6. The van der Waals surface area contributed by atoms with Gasteiger partial charge in [-0.3, -0.25) is 29.2 Å². The van der Waals surface area contributed by atoms with E-state index in [2.05, 4.69) is 24.8 Å². The van der Waals surface area contributed by atoms with E-state index < -0.39 is 0 Å². The lowest BCUT2D eigenvalue weighted by Gasteiger charge is -2.31. The Morgan fingerprint density at radius 3 is 2.54 bits per heavy atom. The smallest absolute Gasteiger partial charge is 0.253 e. The average molecular weight is 376 g/mol. The third kappa shape index (κ3) is 4.48. The second-order valence-corrected chi connectivity index (χ2v) is 7.37. The van der Waals surface area contributed by atoms with Gasteiger partial charge in [-0.25, -0.2) is 4.98 Å². The second kappa shape index (κ2) is 8.39. The Balaban J connectivity index is 1.33. The number of aromatic nitrogens is 5.